The molecule has 0 spiro atoms. The minimum atomic E-state index is -1.24. The van der Waals surface area contributed by atoms with Crippen LogP contribution in [0, 0.1) is 5.41 Å². The lowest BCUT2D eigenvalue weighted by Gasteiger charge is -2.31. The molecular formula is C22H28N4O6. The second-order valence-electron chi connectivity index (χ2n) is 8.62. The van der Waals surface area contributed by atoms with Gasteiger partial charge in [-0.3, -0.25) is 19.2 Å². The second-order valence-corrected chi connectivity index (χ2v) is 8.62. The number of aromatic nitrogens is 1. The first-order valence-electron chi connectivity index (χ1n) is 10.1. The molecule has 0 aliphatic rings. The Balaban J connectivity index is 2.08. The minimum absolute atomic E-state index is 0.293. The third kappa shape index (κ3) is 6.40. The number of carbonyl (C=O) groups excluding carboxylic acids is 4. The Morgan fingerprint density at radius 2 is 1.72 bits per heavy atom. The van der Waals surface area contributed by atoms with Gasteiger partial charge in [-0.1, -0.05) is 39.0 Å². The third-order valence-electron chi connectivity index (χ3n) is 4.82. The average molecular weight is 444 g/mol. The molecular weight excluding hydrogens is 416 g/mol. The molecule has 1 aromatic carbocycles. The number of carbonyl (C=O) groups is 5. The highest BCUT2D eigenvalue weighted by Crippen LogP contribution is 2.21. The van der Waals surface area contributed by atoms with Gasteiger partial charge in [0.05, 0.1) is 12.5 Å². The summed E-state index contributed by atoms with van der Waals surface area (Å²) in [6, 6.07) is 5.81. The average Bonchev–Trinajstić information content (AvgIpc) is 3.14. The molecule has 0 fully saturated rings. The van der Waals surface area contributed by atoms with Crippen molar-refractivity contribution in [2.45, 2.75) is 52.2 Å². The van der Waals surface area contributed by atoms with Crippen molar-refractivity contribution in [1.29, 1.82) is 0 Å². The summed E-state index contributed by atoms with van der Waals surface area (Å²) in [6.07, 6.45) is -0.250. The number of amides is 3. The number of nitrogens with one attached hydrogen (secondary N) is 4. The van der Waals surface area contributed by atoms with Gasteiger partial charge in [-0.2, -0.15) is 0 Å². The van der Waals surface area contributed by atoms with Crippen LogP contribution >= 0.6 is 0 Å². The molecule has 10 heteroatoms. The summed E-state index contributed by atoms with van der Waals surface area (Å²) in [5.74, 6) is -3.03. The molecule has 0 aliphatic carbocycles. The zero-order chi connectivity index (χ0) is 24.1. The quantitative estimate of drug-likeness (QED) is 0.363. The molecule has 32 heavy (non-hydrogen) atoms. The van der Waals surface area contributed by atoms with Crippen molar-refractivity contribution < 1.29 is 29.1 Å². The number of aldehydes is 1. The van der Waals surface area contributed by atoms with Crippen LogP contribution in [-0.4, -0.2) is 58.2 Å². The SMILES string of the molecule is CC(NC(=O)C(NC(=O)c1cc2ccccc2[nH]1)C(C)(C)C)C(=O)N[C@H](C=O)CC(=O)O. The number of benzene rings is 1. The lowest BCUT2D eigenvalue weighted by molar-refractivity contribution is -0.139. The van der Waals surface area contributed by atoms with Gasteiger partial charge in [0.25, 0.3) is 5.91 Å². The molecule has 0 bridgehead atoms. The van der Waals surface area contributed by atoms with E-state index in [4.69, 9.17) is 5.11 Å². The molecule has 0 saturated heterocycles. The predicted molar refractivity (Wildman–Crippen MR) is 117 cm³/mol. The molecule has 2 rings (SSSR count). The van der Waals surface area contributed by atoms with Crippen LogP contribution in [0.25, 0.3) is 10.9 Å². The summed E-state index contributed by atoms with van der Waals surface area (Å²) in [5, 5.41) is 17.1. The first kappa shape index (κ1) is 24.6. The molecule has 0 saturated carbocycles. The Labute approximate surface area is 185 Å². The highest BCUT2D eigenvalue weighted by Gasteiger charge is 2.35. The van der Waals surface area contributed by atoms with Gasteiger partial charge in [0.15, 0.2) is 0 Å². The molecule has 5 N–H and O–H groups in total. The first-order valence-corrected chi connectivity index (χ1v) is 10.1. The molecule has 1 aromatic heterocycles. The normalized spacial score (nSPS) is 14.1. The van der Waals surface area contributed by atoms with Gasteiger partial charge < -0.3 is 30.8 Å². The molecule has 1 heterocycles. The van der Waals surface area contributed by atoms with Crippen LogP contribution in [0.3, 0.4) is 0 Å². The molecule has 2 unspecified atom stereocenters. The Morgan fingerprint density at radius 1 is 1.06 bits per heavy atom. The number of aliphatic carboxylic acids is 1. The van der Waals surface area contributed by atoms with Crippen molar-refractivity contribution in [2.24, 2.45) is 5.41 Å². The summed E-state index contributed by atoms with van der Waals surface area (Å²) in [4.78, 5) is 62.7. The maximum absolute atomic E-state index is 12.9. The van der Waals surface area contributed by atoms with Crippen molar-refractivity contribution >= 4 is 40.9 Å². The number of H-pyrrole nitrogens is 1. The van der Waals surface area contributed by atoms with E-state index in [1.807, 2.05) is 24.3 Å². The fraction of sp³-hybridized carbons (Fsp3) is 0.409. The van der Waals surface area contributed by atoms with E-state index in [1.165, 1.54) is 6.92 Å². The van der Waals surface area contributed by atoms with E-state index in [2.05, 4.69) is 20.9 Å². The van der Waals surface area contributed by atoms with E-state index in [9.17, 15) is 24.0 Å². The Kier molecular flexibility index (Phi) is 7.74. The number of aromatic amines is 1. The summed E-state index contributed by atoms with van der Waals surface area (Å²) in [7, 11) is 0. The zero-order valence-corrected chi connectivity index (χ0v) is 18.4. The van der Waals surface area contributed by atoms with Crippen LogP contribution in [0.15, 0.2) is 30.3 Å². The standard InChI is InChI=1S/C22H28N4O6/c1-12(19(30)24-14(11-27)10-17(28)29)23-21(32)18(22(2,3)4)26-20(31)16-9-13-7-5-6-8-15(13)25-16/h5-9,11-12,14,18,25H,10H2,1-4H3,(H,23,32)(H,24,30)(H,26,31)(H,28,29)/t12?,14-,18?/m0/s1. The van der Waals surface area contributed by atoms with E-state index in [-0.39, 0.29) is 0 Å². The fourth-order valence-electron chi connectivity index (χ4n) is 3.07. The van der Waals surface area contributed by atoms with Gasteiger partial charge in [0.1, 0.15) is 24.1 Å². The van der Waals surface area contributed by atoms with Crippen LogP contribution in [0.5, 0.6) is 0 Å². The zero-order valence-electron chi connectivity index (χ0n) is 18.4. The van der Waals surface area contributed by atoms with Crippen molar-refractivity contribution in [3.63, 3.8) is 0 Å². The molecule has 3 atom stereocenters. The van der Waals surface area contributed by atoms with Crippen LogP contribution in [0.4, 0.5) is 0 Å². The van der Waals surface area contributed by atoms with Gasteiger partial charge in [-0.15, -0.1) is 0 Å². The summed E-state index contributed by atoms with van der Waals surface area (Å²) >= 11 is 0. The molecule has 0 radical (unpaired) electrons. The maximum Gasteiger partial charge on any atom is 0.305 e. The molecule has 172 valence electrons. The number of hydrogen-bond acceptors (Lipinski definition) is 5. The maximum atomic E-state index is 12.9. The topological polar surface area (TPSA) is 157 Å². The van der Waals surface area contributed by atoms with Crippen LogP contribution < -0.4 is 16.0 Å². The van der Waals surface area contributed by atoms with Crippen LogP contribution in [0.2, 0.25) is 0 Å². The van der Waals surface area contributed by atoms with Crippen molar-refractivity contribution in [3.8, 4) is 0 Å². The van der Waals surface area contributed by atoms with E-state index < -0.39 is 53.7 Å². The summed E-state index contributed by atoms with van der Waals surface area (Å²) in [5.41, 5.74) is 0.392. The molecule has 2 aromatic rings. The summed E-state index contributed by atoms with van der Waals surface area (Å²) < 4.78 is 0. The van der Waals surface area contributed by atoms with E-state index in [1.54, 1.807) is 26.8 Å². The van der Waals surface area contributed by atoms with Crippen molar-refractivity contribution in [1.82, 2.24) is 20.9 Å². The number of fused-ring (bicyclic) bond motifs is 1. The van der Waals surface area contributed by atoms with Crippen molar-refractivity contribution in [3.05, 3.63) is 36.0 Å². The van der Waals surface area contributed by atoms with Crippen molar-refractivity contribution in [2.75, 3.05) is 0 Å². The number of carboxylic acids is 1. The van der Waals surface area contributed by atoms with Gasteiger partial charge in [-0.25, -0.2) is 0 Å². The van der Waals surface area contributed by atoms with E-state index in [0.29, 0.717) is 12.0 Å². The van der Waals surface area contributed by atoms with Gasteiger partial charge in [0, 0.05) is 10.9 Å². The Bertz CT molecular complexity index is 990. The smallest absolute Gasteiger partial charge is 0.305 e. The van der Waals surface area contributed by atoms with Gasteiger partial charge >= 0.3 is 5.97 Å². The lowest BCUT2D eigenvalue weighted by Crippen LogP contribution is -2.57. The number of carboxylic acid groups (broad SMARTS) is 1. The minimum Gasteiger partial charge on any atom is -0.481 e. The van der Waals surface area contributed by atoms with Gasteiger partial charge in [-0.05, 0) is 24.5 Å². The third-order valence-corrected chi connectivity index (χ3v) is 4.82. The fourth-order valence-corrected chi connectivity index (χ4v) is 3.07. The first-order chi connectivity index (χ1) is 14.9. The van der Waals surface area contributed by atoms with E-state index >= 15 is 0 Å². The highest BCUT2D eigenvalue weighted by molar-refractivity contribution is 6.01. The Hall–Kier alpha value is -3.69. The van der Waals surface area contributed by atoms with Crippen LogP contribution in [0.1, 0.15) is 44.6 Å². The van der Waals surface area contributed by atoms with Gasteiger partial charge in [0.2, 0.25) is 11.8 Å². The largest absolute Gasteiger partial charge is 0.481 e. The van der Waals surface area contributed by atoms with E-state index in [0.717, 1.165) is 10.9 Å². The van der Waals surface area contributed by atoms with Crippen LogP contribution in [-0.2, 0) is 19.2 Å². The number of rotatable bonds is 9. The molecule has 3 amide bonds. The number of hydrogen-bond donors (Lipinski definition) is 5. The molecule has 0 aliphatic heterocycles. The second kappa shape index (κ2) is 10.1. The Morgan fingerprint density at radius 3 is 2.28 bits per heavy atom. The molecule has 10 nitrogen and oxygen atoms in total. The number of para-hydroxylation sites is 1. The summed E-state index contributed by atoms with van der Waals surface area (Å²) in [6.45, 7) is 6.70. The highest BCUT2D eigenvalue weighted by atomic mass is 16.4. The predicted octanol–water partition coefficient (Wildman–Crippen LogP) is 0.975. The lowest BCUT2D eigenvalue weighted by atomic mass is 9.86. The monoisotopic (exact) mass is 444 g/mol.